The molecule has 4 nitrogen and oxygen atoms in total. The Kier molecular flexibility index (Phi) is 2.66. The molecule has 3 N–H and O–H groups in total. The molecule has 2 rings (SSSR count). The normalized spacial score (nSPS) is 10.9. The third-order valence-corrected chi connectivity index (χ3v) is 2.76. The van der Waals surface area contributed by atoms with E-state index in [0.717, 1.165) is 23.1 Å². The Labute approximate surface area is 93.3 Å². The summed E-state index contributed by atoms with van der Waals surface area (Å²) < 4.78 is 2.10. The lowest BCUT2D eigenvalue weighted by atomic mass is 10.1. The number of benzene rings is 1. The smallest absolute Gasteiger partial charge is 0.335 e. The summed E-state index contributed by atoms with van der Waals surface area (Å²) in [7, 11) is 0. The lowest BCUT2D eigenvalue weighted by Crippen LogP contribution is -2.05. The minimum atomic E-state index is -0.902. The molecule has 0 atom stereocenters. The third kappa shape index (κ3) is 1.57. The highest BCUT2D eigenvalue weighted by atomic mass is 16.4. The van der Waals surface area contributed by atoms with Crippen molar-refractivity contribution in [2.45, 2.75) is 20.0 Å². The molecule has 2 aromatic rings. The zero-order valence-corrected chi connectivity index (χ0v) is 9.10. The van der Waals surface area contributed by atoms with Crippen molar-refractivity contribution >= 4 is 16.9 Å². The highest BCUT2D eigenvalue weighted by Crippen LogP contribution is 2.21. The molecule has 0 amide bonds. The van der Waals surface area contributed by atoms with E-state index < -0.39 is 5.97 Å². The van der Waals surface area contributed by atoms with Crippen molar-refractivity contribution in [3.63, 3.8) is 0 Å². The first kappa shape index (κ1) is 10.7. The van der Waals surface area contributed by atoms with Crippen molar-refractivity contribution in [3.8, 4) is 0 Å². The van der Waals surface area contributed by atoms with E-state index in [1.54, 1.807) is 12.1 Å². The van der Waals surface area contributed by atoms with Crippen LogP contribution in [-0.4, -0.2) is 15.6 Å². The molecular formula is C12H14N2O2. The largest absolute Gasteiger partial charge is 0.478 e. The van der Waals surface area contributed by atoms with Crippen LogP contribution in [0.5, 0.6) is 0 Å². The van der Waals surface area contributed by atoms with E-state index in [0.29, 0.717) is 12.1 Å². The fourth-order valence-corrected chi connectivity index (χ4v) is 2.00. The zero-order chi connectivity index (χ0) is 11.7. The van der Waals surface area contributed by atoms with E-state index in [9.17, 15) is 4.79 Å². The van der Waals surface area contributed by atoms with Gasteiger partial charge in [0.05, 0.1) is 5.56 Å². The summed E-state index contributed by atoms with van der Waals surface area (Å²) in [6.45, 7) is 3.34. The fourth-order valence-electron chi connectivity index (χ4n) is 2.00. The van der Waals surface area contributed by atoms with Crippen LogP contribution >= 0.6 is 0 Å². The number of carboxylic acids is 1. The number of aryl methyl sites for hydroxylation is 1. The Morgan fingerprint density at radius 1 is 1.44 bits per heavy atom. The summed E-state index contributed by atoms with van der Waals surface area (Å²) in [5, 5.41) is 9.84. The number of hydrogen-bond donors (Lipinski definition) is 2. The first-order valence-electron chi connectivity index (χ1n) is 5.23. The summed E-state index contributed by atoms with van der Waals surface area (Å²) >= 11 is 0. The SMILES string of the molecule is CCn1c(CN)cc2cc(C(=O)O)ccc21. The van der Waals surface area contributed by atoms with Crippen LogP contribution in [0.3, 0.4) is 0 Å². The van der Waals surface area contributed by atoms with Gasteiger partial charge in [-0.3, -0.25) is 0 Å². The molecule has 1 aromatic carbocycles. The van der Waals surface area contributed by atoms with Crippen LogP contribution in [0.25, 0.3) is 10.9 Å². The number of nitrogens with two attached hydrogens (primary N) is 1. The highest BCUT2D eigenvalue weighted by molar-refractivity contribution is 5.94. The maximum atomic E-state index is 10.8. The van der Waals surface area contributed by atoms with Gasteiger partial charge < -0.3 is 15.4 Å². The summed E-state index contributed by atoms with van der Waals surface area (Å²) in [6, 6.07) is 7.09. The molecular weight excluding hydrogens is 204 g/mol. The minimum absolute atomic E-state index is 0.310. The number of rotatable bonds is 3. The number of hydrogen-bond acceptors (Lipinski definition) is 2. The number of aromatic carboxylic acids is 1. The second-order valence-electron chi connectivity index (χ2n) is 3.66. The van der Waals surface area contributed by atoms with Crippen LogP contribution in [0.2, 0.25) is 0 Å². The predicted octanol–water partition coefficient (Wildman–Crippen LogP) is 1.82. The van der Waals surface area contributed by atoms with Gasteiger partial charge in [0, 0.05) is 29.7 Å². The molecule has 0 aliphatic carbocycles. The molecule has 0 fully saturated rings. The van der Waals surface area contributed by atoms with E-state index >= 15 is 0 Å². The van der Waals surface area contributed by atoms with Gasteiger partial charge in [0.2, 0.25) is 0 Å². The van der Waals surface area contributed by atoms with E-state index in [1.807, 2.05) is 19.1 Å². The number of aromatic nitrogens is 1. The van der Waals surface area contributed by atoms with E-state index in [1.165, 1.54) is 0 Å². The Morgan fingerprint density at radius 2 is 2.19 bits per heavy atom. The van der Waals surface area contributed by atoms with Gasteiger partial charge in [0.1, 0.15) is 0 Å². The second kappa shape index (κ2) is 3.98. The average molecular weight is 218 g/mol. The molecule has 0 unspecified atom stereocenters. The van der Waals surface area contributed by atoms with Crippen LogP contribution in [0.4, 0.5) is 0 Å². The van der Waals surface area contributed by atoms with E-state index in [2.05, 4.69) is 4.57 Å². The molecule has 0 radical (unpaired) electrons. The molecule has 84 valence electrons. The molecule has 0 saturated heterocycles. The van der Waals surface area contributed by atoms with Crippen molar-refractivity contribution < 1.29 is 9.90 Å². The minimum Gasteiger partial charge on any atom is -0.478 e. The van der Waals surface area contributed by atoms with Gasteiger partial charge in [-0.15, -0.1) is 0 Å². The Hall–Kier alpha value is -1.81. The first-order chi connectivity index (χ1) is 7.67. The van der Waals surface area contributed by atoms with Gasteiger partial charge in [-0.05, 0) is 31.2 Å². The highest BCUT2D eigenvalue weighted by Gasteiger charge is 2.09. The summed E-state index contributed by atoms with van der Waals surface area (Å²) in [5.74, 6) is -0.902. The maximum absolute atomic E-state index is 10.8. The summed E-state index contributed by atoms with van der Waals surface area (Å²) in [6.07, 6.45) is 0. The molecule has 4 heteroatoms. The number of nitrogens with zero attached hydrogens (tertiary/aromatic N) is 1. The van der Waals surface area contributed by atoms with E-state index in [-0.39, 0.29) is 0 Å². The predicted molar refractivity (Wildman–Crippen MR) is 62.5 cm³/mol. The fraction of sp³-hybridized carbons (Fsp3) is 0.250. The molecule has 16 heavy (non-hydrogen) atoms. The van der Waals surface area contributed by atoms with Gasteiger partial charge >= 0.3 is 5.97 Å². The molecule has 0 saturated carbocycles. The lowest BCUT2D eigenvalue weighted by molar-refractivity contribution is 0.0697. The van der Waals surface area contributed by atoms with Crippen LogP contribution in [0, 0.1) is 0 Å². The quantitative estimate of drug-likeness (QED) is 0.825. The van der Waals surface area contributed by atoms with Crippen LogP contribution in [-0.2, 0) is 13.1 Å². The number of carboxylic acid groups (broad SMARTS) is 1. The van der Waals surface area contributed by atoms with Crippen molar-refractivity contribution in [1.82, 2.24) is 4.57 Å². The Bertz CT molecular complexity index is 543. The van der Waals surface area contributed by atoms with Gasteiger partial charge in [-0.25, -0.2) is 4.79 Å². The van der Waals surface area contributed by atoms with Gasteiger partial charge in [0.15, 0.2) is 0 Å². The topological polar surface area (TPSA) is 68.2 Å². The second-order valence-corrected chi connectivity index (χ2v) is 3.66. The average Bonchev–Trinajstić information content (AvgIpc) is 2.65. The molecule has 1 aromatic heterocycles. The molecule has 0 aliphatic rings. The lowest BCUT2D eigenvalue weighted by Gasteiger charge is -2.05. The third-order valence-electron chi connectivity index (χ3n) is 2.76. The van der Waals surface area contributed by atoms with Gasteiger partial charge in [0.25, 0.3) is 0 Å². The van der Waals surface area contributed by atoms with Crippen molar-refractivity contribution in [3.05, 3.63) is 35.5 Å². The molecule has 0 aliphatic heterocycles. The number of fused-ring (bicyclic) bond motifs is 1. The van der Waals surface area contributed by atoms with Gasteiger partial charge in [-0.1, -0.05) is 0 Å². The zero-order valence-electron chi connectivity index (χ0n) is 9.10. The van der Waals surface area contributed by atoms with Crippen LogP contribution in [0.1, 0.15) is 23.0 Å². The monoisotopic (exact) mass is 218 g/mol. The van der Waals surface area contributed by atoms with Crippen molar-refractivity contribution in [2.24, 2.45) is 5.73 Å². The molecule has 1 heterocycles. The van der Waals surface area contributed by atoms with Crippen LogP contribution in [0.15, 0.2) is 24.3 Å². The van der Waals surface area contributed by atoms with Crippen molar-refractivity contribution in [1.29, 1.82) is 0 Å². The van der Waals surface area contributed by atoms with Crippen molar-refractivity contribution in [2.75, 3.05) is 0 Å². The van der Waals surface area contributed by atoms with E-state index in [4.69, 9.17) is 10.8 Å². The Balaban J connectivity index is 2.67. The maximum Gasteiger partial charge on any atom is 0.335 e. The summed E-state index contributed by atoms with van der Waals surface area (Å²) in [5.41, 5.74) is 8.02. The Morgan fingerprint density at radius 3 is 2.75 bits per heavy atom. The van der Waals surface area contributed by atoms with Gasteiger partial charge in [-0.2, -0.15) is 0 Å². The first-order valence-corrected chi connectivity index (χ1v) is 5.23. The number of carbonyl (C=O) groups is 1. The molecule has 0 bridgehead atoms. The molecule has 0 spiro atoms. The standard InChI is InChI=1S/C12H14N2O2/c1-2-14-10(7-13)6-9-5-8(12(15)16)3-4-11(9)14/h3-6H,2,7,13H2,1H3,(H,15,16). The summed E-state index contributed by atoms with van der Waals surface area (Å²) in [4.78, 5) is 10.8. The van der Waals surface area contributed by atoms with Crippen LogP contribution < -0.4 is 5.73 Å².